The zero-order valence-corrected chi connectivity index (χ0v) is 19.2. The molecule has 32 heavy (non-hydrogen) atoms. The lowest BCUT2D eigenvalue weighted by Gasteiger charge is -2.14. The van der Waals surface area contributed by atoms with Gasteiger partial charge in [0.05, 0.1) is 18.6 Å². The molecule has 0 saturated carbocycles. The Labute approximate surface area is 198 Å². The highest BCUT2D eigenvalue weighted by Gasteiger charge is 2.35. The Morgan fingerprint density at radius 3 is 2.47 bits per heavy atom. The van der Waals surface area contributed by atoms with E-state index in [9.17, 15) is 9.59 Å². The van der Waals surface area contributed by atoms with E-state index in [-0.39, 0.29) is 23.3 Å². The predicted octanol–water partition coefficient (Wildman–Crippen LogP) is 6.38. The van der Waals surface area contributed by atoms with Crippen LogP contribution in [0.5, 0.6) is 11.5 Å². The van der Waals surface area contributed by atoms with Gasteiger partial charge in [-0.25, -0.2) is 0 Å². The lowest BCUT2D eigenvalue weighted by atomic mass is 10.2. The van der Waals surface area contributed by atoms with Crippen LogP contribution in [0, 0.1) is 0 Å². The largest absolute Gasteiger partial charge is 0.493 e. The van der Waals surface area contributed by atoms with Crippen LogP contribution >= 0.6 is 35.0 Å². The molecule has 0 aliphatic carbocycles. The summed E-state index contributed by atoms with van der Waals surface area (Å²) in [5, 5.41) is 0.613. The highest BCUT2D eigenvalue weighted by molar-refractivity contribution is 8.18. The van der Waals surface area contributed by atoms with E-state index in [2.05, 4.69) is 0 Å². The molecule has 0 unspecified atom stereocenters. The number of methoxy groups -OCH3 is 1. The second-order valence-corrected chi connectivity index (χ2v) is 8.56. The minimum atomic E-state index is -0.396. The molecule has 2 heterocycles. The Morgan fingerprint density at radius 1 is 1.03 bits per heavy atom. The fourth-order valence-corrected chi connectivity index (χ4v) is 4.46. The molecule has 1 aliphatic rings. The van der Waals surface area contributed by atoms with E-state index in [1.54, 1.807) is 55.7 Å². The Bertz CT molecular complexity index is 1190. The summed E-state index contributed by atoms with van der Waals surface area (Å²) in [5.74, 6) is 1.71. The van der Waals surface area contributed by atoms with Crippen molar-refractivity contribution < 1.29 is 23.5 Å². The topological polar surface area (TPSA) is 69.0 Å². The Kier molecular flexibility index (Phi) is 6.79. The molecule has 0 radical (unpaired) electrons. The number of hydrogen-bond acceptors (Lipinski definition) is 6. The maximum atomic E-state index is 12.7. The summed E-state index contributed by atoms with van der Waals surface area (Å²) >= 11 is 13.0. The van der Waals surface area contributed by atoms with Gasteiger partial charge in [-0.2, -0.15) is 0 Å². The number of nitrogens with zero attached hydrogens (tertiary/aromatic N) is 1. The van der Waals surface area contributed by atoms with Gasteiger partial charge in [-0.15, -0.1) is 0 Å². The van der Waals surface area contributed by atoms with Crippen molar-refractivity contribution in [3.8, 4) is 22.8 Å². The molecule has 9 heteroatoms. The molecule has 1 aliphatic heterocycles. The molecule has 3 aromatic rings. The van der Waals surface area contributed by atoms with Gasteiger partial charge in [-0.05, 0) is 54.2 Å². The van der Waals surface area contributed by atoms with Gasteiger partial charge in [0.1, 0.15) is 18.1 Å². The number of halogens is 2. The van der Waals surface area contributed by atoms with Crippen LogP contribution in [0.3, 0.4) is 0 Å². The van der Waals surface area contributed by atoms with Gasteiger partial charge in [0.15, 0.2) is 11.5 Å². The molecule has 0 atom stereocenters. The number of amides is 2. The number of carbonyl (C=O) groups excluding carboxylic acids is 2. The zero-order valence-electron chi connectivity index (χ0n) is 16.8. The predicted molar refractivity (Wildman–Crippen MR) is 125 cm³/mol. The second kappa shape index (κ2) is 9.73. The molecule has 2 amide bonds. The maximum Gasteiger partial charge on any atom is 0.293 e. The first-order valence-corrected chi connectivity index (χ1v) is 11.1. The molecule has 4 rings (SSSR count). The van der Waals surface area contributed by atoms with Gasteiger partial charge in [0.2, 0.25) is 0 Å². The van der Waals surface area contributed by atoms with Crippen LogP contribution in [0.4, 0.5) is 4.79 Å². The highest BCUT2D eigenvalue weighted by atomic mass is 35.5. The Balaban J connectivity index is 1.43. The third-order valence-corrected chi connectivity index (χ3v) is 5.91. The second-order valence-electron chi connectivity index (χ2n) is 6.69. The van der Waals surface area contributed by atoms with E-state index in [0.29, 0.717) is 38.6 Å². The molecule has 0 N–H and O–H groups in total. The fraction of sp³-hybridized carbons (Fsp3) is 0.130. The number of thioether (sulfide) groups is 1. The highest BCUT2D eigenvalue weighted by Crippen LogP contribution is 2.34. The summed E-state index contributed by atoms with van der Waals surface area (Å²) < 4.78 is 16.7. The van der Waals surface area contributed by atoms with Crippen LogP contribution in [0.1, 0.15) is 5.76 Å². The summed E-state index contributed by atoms with van der Waals surface area (Å²) in [4.78, 5) is 26.5. The van der Waals surface area contributed by atoms with Crippen molar-refractivity contribution >= 4 is 52.2 Å². The van der Waals surface area contributed by atoms with Crippen molar-refractivity contribution in [2.75, 3.05) is 20.3 Å². The van der Waals surface area contributed by atoms with Crippen LogP contribution in [0.2, 0.25) is 10.0 Å². The molecule has 2 aromatic carbocycles. The average Bonchev–Trinajstić information content (AvgIpc) is 3.33. The van der Waals surface area contributed by atoms with Crippen LogP contribution < -0.4 is 9.47 Å². The van der Waals surface area contributed by atoms with Crippen molar-refractivity contribution in [1.82, 2.24) is 4.90 Å². The zero-order chi connectivity index (χ0) is 22.7. The summed E-state index contributed by atoms with van der Waals surface area (Å²) in [5.41, 5.74) is 0.712. The van der Waals surface area contributed by atoms with Gasteiger partial charge < -0.3 is 13.9 Å². The quantitative estimate of drug-likeness (QED) is 0.358. The smallest absolute Gasteiger partial charge is 0.293 e. The van der Waals surface area contributed by atoms with Gasteiger partial charge in [0, 0.05) is 21.7 Å². The number of ether oxygens (including phenoxy) is 2. The third-order valence-electron chi connectivity index (χ3n) is 4.56. The van der Waals surface area contributed by atoms with Crippen molar-refractivity contribution in [2.24, 2.45) is 0 Å². The number of hydrogen-bond donors (Lipinski definition) is 0. The summed E-state index contributed by atoms with van der Waals surface area (Å²) in [6, 6.07) is 15.7. The average molecular weight is 490 g/mol. The Morgan fingerprint density at radius 2 is 1.75 bits per heavy atom. The van der Waals surface area contributed by atoms with E-state index in [0.717, 1.165) is 16.7 Å². The van der Waals surface area contributed by atoms with Crippen molar-refractivity contribution in [3.63, 3.8) is 0 Å². The monoisotopic (exact) mass is 489 g/mol. The van der Waals surface area contributed by atoms with Gasteiger partial charge in [-0.3, -0.25) is 14.5 Å². The van der Waals surface area contributed by atoms with Crippen LogP contribution in [0.25, 0.3) is 17.4 Å². The standard InChI is InChI=1S/C23H17Cl2NO5S/c1-29-19-4-2-3-5-20(19)30-9-8-26-22(27)21(32-23(26)28)13-17-6-7-18(31-17)14-10-15(24)12-16(25)11-14/h2-7,10-13H,8-9H2,1H3/b21-13-. The maximum absolute atomic E-state index is 12.7. The van der Waals surface area contributed by atoms with E-state index < -0.39 is 5.91 Å². The number of benzene rings is 2. The van der Waals surface area contributed by atoms with Gasteiger partial charge >= 0.3 is 0 Å². The number of carbonyl (C=O) groups is 2. The van der Waals surface area contributed by atoms with Crippen molar-refractivity contribution in [1.29, 1.82) is 0 Å². The molecule has 164 valence electrons. The molecular formula is C23H17Cl2NO5S. The SMILES string of the molecule is COc1ccccc1OCCN1C(=O)S/C(=C\c2ccc(-c3cc(Cl)cc(Cl)c3)o2)C1=O. The van der Waals surface area contributed by atoms with Crippen LogP contribution in [-0.2, 0) is 4.79 Å². The first-order valence-electron chi connectivity index (χ1n) is 9.52. The van der Waals surface area contributed by atoms with Gasteiger partial charge in [-0.1, -0.05) is 35.3 Å². The first kappa shape index (κ1) is 22.3. The lowest BCUT2D eigenvalue weighted by Crippen LogP contribution is -2.32. The van der Waals surface area contributed by atoms with Gasteiger partial charge in [0.25, 0.3) is 11.1 Å². The number of para-hydroxylation sites is 2. The molecule has 1 fully saturated rings. The minimum Gasteiger partial charge on any atom is -0.493 e. The van der Waals surface area contributed by atoms with E-state index in [4.69, 9.17) is 37.1 Å². The fourth-order valence-electron chi connectivity index (χ4n) is 3.09. The first-order chi connectivity index (χ1) is 15.4. The summed E-state index contributed by atoms with van der Waals surface area (Å²) in [7, 11) is 1.55. The molecule has 0 bridgehead atoms. The lowest BCUT2D eigenvalue weighted by molar-refractivity contribution is -0.123. The Hall–Kier alpha value is -2.87. The molecule has 1 aromatic heterocycles. The van der Waals surface area contributed by atoms with Crippen molar-refractivity contribution in [3.05, 3.63) is 75.3 Å². The molecule has 1 saturated heterocycles. The minimum absolute atomic E-state index is 0.116. The summed E-state index contributed by atoms with van der Waals surface area (Å²) in [6.45, 7) is 0.261. The summed E-state index contributed by atoms with van der Waals surface area (Å²) in [6.07, 6.45) is 1.54. The van der Waals surface area contributed by atoms with Crippen LogP contribution in [0.15, 0.2) is 63.9 Å². The third kappa shape index (κ3) is 4.96. The number of rotatable bonds is 7. The number of imide groups is 1. The van der Waals surface area contributed by atoms with E-state index >= 15 is 0 Å². The van der Waals surface area contributed by atoms with Crippen LogP contribution in [-0.4, -0.2) is 36.3 Å². The van der Waals surface area contributed by atoms with E-state index in [1.807, 2.05) is 12.1 Å². The number of furan rings is 1. The van der Waals surface area contributed by atoms with Crippen molar-refractivity contribution in [2.45, 2.75) is 0 Å². The van der Waals surface area contributed by atoms with E-state index in [1.165, 1.54) is 0 Å². The molecule has 0 spiro atoms. The molecule has 6 nitrogen and oxygen atoms in total. The molecular weight excluding hydrogens is 473 g/mol. The normalized spacial score (nSPS) is 15.0.